The molecular weight excluding hydrogens is 348 g/mol. The molecule has 7 heteroatoms. The Morgan fingerprint density at radius 3 is 2.33 bits per heavy atom. The zero-order chi connectivity index (χ0) is 19.4. The fourth-order valence-electron chi connectivity index (χ4n) is 3.29. The first-order valence-corrected chi connectivity index (χ1v) is 8.76. The molecule has 0 bridgehead atoms. The topological polar surface area (TPSA) is 81.9 Å². The molecule has 2 aromatic rings. The van der Waals surface area contributed by atoms with E-state index in [9.17, 15) is 14.9 Å². The number of hydrogen-bond donors (Lipinski definition) is 0. The van der Waals surface area contributed by atoms with E-state index in [4.69, 9.17) is 9.47 Å². The number of nitro groups is 1. The summed E-state index contributed by atoms with van der Waals surface area (Å²) in [6, 6.07) is 10.3. The van der Waals surface area contributed by atoms with E-state index in [1.807, 2.05) is 17.0 Å². The Kier molecular flexibility index (Phi) is 5.59. The van der Waals surface area contributed by atoms with Crippen molar-refractivity contribution >= 4 is 11.6 Å². The number of nitro benzene ring substituents is 1. The lowest BCUT2D eigenvalue weighted by atomic mass is 9.98. The van der Waals surface area contributed by atoms with Gasteiger partial charge in [0.15, 0.2) is 11.5 Å². The highest BCUT2D eigenvalue weighted by atomic mass is 16.6. The molecule has 0 saturated carbocycles. The van der Waals surface area contributed by atoms with Crippen molar-refractivity contribution in [3.05, 3.63) is 63.2 Å². The third kappa shape index (κ3) is 4.19. The molecule has 0 N–H and O–H groups in total. The lowest BCUT2D eigenvalue weighted by Gasteiger charge is -2.29. The maximum atomic E-state index is 12.6. The van der Waals surface area contributed by atoms with Crippen LogP contribution in [0.15, 0.2) is 36.4 Å². The molecule has 142 valence electrons. The summed E-state index contributed by atoms with van der Waals surface area (Å²) in [5.74, 6) is 1.44. The van der Waals surface area contributed by atoms with E-state index in [1.165, 1.54) is 17.7 Å². The normalized spacial score (nSPS) is 13.0. The van der Waals surface area contributed by atoms with Crippen LogP contribution in [0.25, 0.3) is 0 Å². The highest BCUT2D eigenvalue weighted by molar-refractivity contribution is 5.77. The van der Waals surface area contributed by atoms with Gasteiger partial charge in [-0.25, -0.2) is 0 Å². The van der Waals surface area contributed by atoms with Gasteiger partial charge < -0.3 is 14.4 Å². The molecule has 1 aliphatic rings. The van der Waals surface area contributed by atoms with Gasteiger partial charge in [-0.15, -0.1) is 0 Å². The second-order valence-electron chi connectivity index (χ2n) is 6.46. The van der Waals surface area contributed by atoms with Crippen LogP contribution in [-0.4, -0.2) is 36.5 Å². The number of carbonyl (C=O) groups is 1. The average molecular weight is 370 g/mol. The first-order valence-electron chi connectivity index (χ1n) is 8.76. The molecule has 0 unspecified atom stereocenters. The summed E-state index contributed by atoms with van der Waals surface area (Å²) in [6.45, 7) is 1.22. The fourth-order valence-corrected chi connectivity index (χ4v) is 3.29. The molecule has 0 spiro atoms. The zero-order valence-corrected chi connectivity index (χ0v) is 15.4. The number of hydrogen-bond acceptors (Lipinski definition) is 5. The molecule has 0 aliphatic carbocycles. The summed E-state index contributed by atoms with van der Waals surface area (Å²) in [7, 11) is 3.21. The van der Waals surface area contributed by atoms with Crippen LogP contribution in [0.4, 0.5) is 5.69 Å². The molecule has 27 heavy (non-hydrogen) atoms. The Morgan fingerprint density at radius 1 is 1.11 bits per heavy atom. The number of benzene rings is 2. The van der Waals surface area contributed by atoms with Crippen molar-refractivity contribution in [1.82, 2.24) is 4.90 Å². The quantitative estimate of drug-likeness (QED) is 0.576. The third-order valence-electron chi connectivity index (χ3n) is 4.85. The Balaban J connectivity index is 1.62. The van der Waals surface area contributed by atoms with Crippen molar-refractivity contribution < 1.29 is 19.2 Å². The number of rotatable bonds is 6. The van der Waals surface area contributed by atoms with Gasteiger partial charge in [0.25, 0.3) is 5.69 Å². The summed E-state index contributed by atoms with van der Waals surface area (Å²) in [4.78, 5) is 24.7. The molecule has 7 nitrogen and oxygen atoms in total. The maximum Gasteiger partial charge on any atom is 0.269 e. The van der Waals surface area contributed by atoms with Crippen molar-refractivity contribution in [1.29, 1.82) is 0 Å². The molecular formula is C20H22N2O5. The fraction of sp³-hybridized carbons (Fsp3) is 0.350. The van der Waals surface area contributed by atoms with Crippen LogP contribution in [0, 0.1) is 10.1 Å². The molecule has 0 radical (unpaired) electrons. The molecule has 0 saturated heterocycles. The van der Waals surface area contributed by atoms with Crippen LogP contribution < -0.4 is 9.47 Å². The Morgan fingerprint density at radius 2 is 1.74 bits per heavy atom. The van der Waals surface area contributed by atoms with Crippen LogP contribution in [-0.2, 0) is 24.2 Å². The third-order valence-corrected chi connectivity index (χ3v) is 4.85. The lowest BCUT2D eigenvalue weighted by molar-refractivity contribution is -0.384. The predicted octanol–water partition coefficient (Wildman–Crippen LogP) is 3.13. The standard InChI is InChI=1S/C20H22N2O5/c1-26-18-11-15-9-10-21(13-16(15)12-19(18)27-2)20(23)8-5-14-3-6-17(7-4-14)22(24)25/h3-4,6-7,11-12H,5,8-10,13H2,1-2H3. The van der Waals surface area contributed by atoms with Crippen LogP contribution in [0.5, 0.6) is 11.5 Å². The van der Waals surface area contributed by atoms with Crippen LogP contribution in [0.2, 0.25) is 0 Å². The van der Waals surface area contributed by atoms with Crippen molar-refractivity contribution in [2.24, 2.45) is 0 Å². The summed E-state index contributed by atoms with van der Waals surface area (Å²) in [6.07, 6.45) is 1.71. The van der Waals surface area contributed by atoms with Gasteiger partial charge in [0, 0.05) is 31.6 Å². The first-order chi connectivity index (χ1) is 13.0. The van der Waals surface area contributed by atoms with Gasteiger partial charge in [0.1, 0.15) is 0 Å². The summed E-state index contributed by atoms with van der Waals surface area (Å²) in [5.41, 5.74) is 3.22. The number of amides is 1. The summed E-state index contributed by atoms with van der Waals surface area (Å²) in [5, 5.41) is 10.7. The zero-order valence-electron chi connectivity index (χ0n) is 15.4. The van der Waals surface area contributed by atoms with Gasteiger partial charge in [0.05, 0.1) is 19.1 Å². The summed E-state index contributed by atoms with van der Waals surface area (Å²) < 4.78 is 10.7. The second-order valence-corrected chi connectivity index (χ2v) is 6.46. The molecule has 0 fully saturated rings. The highest BCUT2D eigenvalue weighted by Gasteiger charge is 2.22. The monoisotopic (exact) mass is 370 g/mol. The lowest BCUT2D eigenvalue weighted by Crippen LogP contribution is -2.36. The van der Waals surface area contributed by atoms with Crippen molar-refractivity contribution in [3.8, 4) is 11.5 Å². The number of fused-ring (bicyclic) bond motifs is 1. The van der Waals surface area contributed by atoms with Crippen LogP contribution >= 0.6 is 0 Å². The number of non-ortho nitro benzene ring substituents is 1. The second kappa shape index (κ2) is 8.07. The van der Waals surface area contributed by atoms with E-state index in [0.717, 1.165) is 17.5 Å². The molecule has 2 aromatic carbocycles. The minimum Gasteiger partial charge on any atom is -0.493 e. The number of methoxy groups -OCH3 is 2. The molecule has 1 aliphatic heterocycles. The van der Waals surface area contributed by atoms with Crippen LogP contribution in [0.3, 0.4) is 0 Å². The molecule has 1 heterocycles. The Hall–Kier alpha value is -3.09. The average Bonchev–Trinajstić information content (AvgIpc) is 2.70. The van der Waals surface area contributed by atoms with Crippen molar-refractivity contribution in [2.45, 2.75) is 25.8 Å². The molecule has 3 rings (SSSR count). The Bertz CT molecular complexity index is 848. The van der Waals surface area contributed by atoms with Gasteiger partial charge in [0.2, 0.25) is 5.91 Å². The van der Waals surface area contributed by atoms with Gasteiger partial charge >= 0.3 is 0 Å². The van der Waals surface area contributed by atoms with E-state index in [-0.39, 0.29) is 11.6 Å². The largest absolute Gasteiger partial charge is 0.493 e. The summed E-state index contributed by atoms with van der Waals surface area (Å²) >= 11 is 0. The first kappa shape index (κ1) is 18.7. The minimum absolute atomic E-state index is 0.0575. The van der Waals surface area contributed by atoms with Gasteiger partial charge in [-0.3, -0.25) is 14.9 Å². The van der Waals surface area contributed by atoms with Gasteiger partial charge in [-0.05, 0) is 41.7 Å². The van der Waals surface area contributed by atoms with Crippen molar-refractivity contribution in [3.63, 3.8) is 0 Å². The van der Waals surface area contributed by atoms with E-state index < -0.39 is 4.92 Å². The number of nitrogens with zero attached hydrogens (tertiary/aromatic N) is 2. The molecule has 0 aromatic heterocycles. The number of aryl methyl sites for hydroxylation is 1. The van der Waals surface area contributed by atoms with E-state index in [0.29, 0.717) is 37.4 Å². The number of ether oxygens (including phenoxy) is 2. The minimum atomic E-state index is -0.427. The van der Waals surface area contributed by atoms with E-state index >= 15 is 0 Å². The van der Waals surface area contributed by atoms with Crippen LogP contribution in [0.1, 0.15) is 23.1 Å². The number of carbonyl (C=O) groups excluding carboxylic acids is 1. The highest BCUT2D eigenvalue weighted by Crippen LogP contribution is 2.33. The Labute approximate surface area is 157 Å². The SMILES string of the molecule is COc1cc2c(cc1OC)CN(C(=O)CCc1ccc([N+](=O)[O-])cc1)CC2. The van der Waals surface area contributed by atoms with Crippen molar-refractivity contribution in [2.75, 3.05) is 20.8 Å². The van der Waals surface area contributed by atoms with Gasteiger partial charge in [-0.2, -0.15) is 0 Å². The predicted molar refractivity (Wildman–Crippen MR) is 100 cm³/mol. The van der Waals surface area contributed by atoms with Gasteiger partial charge in [-0.1, -0.05) is 12.1 Å². The maximum absolute atomic E-state index is 12.6. The molecule has 0 atom stereocenters. The van der Waals surface area contributed by atoms with E-state index in [2.05, 4.69) is 0 Å². The molecule has 1 amide bonds. The smallest absolute Gasteiger partial charge is 0.269 e. The van der Waals surface area contributed by atoms with E-state index in [1.54, 1.807) is 26.4 Å².